The first kappa shape index (κ1) is 10.9. The summed E-state index contributed by atoms with van der Waals surface area (Å²) in [5.74, 6) is 0. The molecule has 15 heavy (non-hydrogen) atoms. The van der Waals surface area contributed by atoms with Crippen molar-refractivity contribution in [2.45, 2.75) is 29.2 Å². The number of benzene rings is 1. The van der Waals surface area contributed by atoms with Gasteiger partial charge in [-0.05, 0) is 25.0 Å². The Morgan fingerprint density at radius 3 is 2.33 bits per heavy atom. The van der Waals surface area contributed by atoms with Gasteiger partial charge in [0.2, 0.25) is 10.0 Å². The lowest BCUT2D eigenvalue weighted by Gasteiger charge is -2.31. The Bertz CT molecular complexity index is 426. The smallest absolute Gasteiger partial charge is 0.208 e. The van der Waals surface area contributed by atoms with Crippen LogP contribution in [-0.2, 0) is 10.0 Å². The van der Waals surface area contributed by atoms with Crippen LogP contribution in [0.5, 0.6) is 0 Å². The molecule has 0 unspecified atom stereocenters. The van der Waals surface area contributed by atoms with Crippen molar-refractivity contribution in [3.8, 4) is 0 Å². The highest BCUT2D eigenvalue weighted by atomic mass is 35.5. The molecule has 0 heterocycles. The van der Waals surface area contributed by atoms with Gasteiger partial charge in [0, 0.05) is 11.4 Å². The van der Waals surface area contributed by atoms with E-state index in [1.807, 2.05) is 0 Å². The first-order chi connectivity index (χ1) is 7.08. The molecular weight excluding hydrogens is 234 g/mol. The molecule has 0 spiro atoms. The second-order valence-electron chi connectivity index (χ2n) is 3.70. The van der Waals surface area contributed by atoms with E-state index in [0.29, 0.717) is 17.7 Å². The third-order valence-corrected chi connectivity index (χ3v) is 4.35. The van der Waals surface area contributed by atoms with Crippen molar-refractivity contribution in [1.82, 2.24) is 4.72 Å². The Morgan fingerprint density at radius 2 is 1.80 bits per heavy atom. The van der Waals surface area contributed by atoms with Gasteiger partial charge in [-0.2, -0.15) is 0 Å². The molecule has 0 aliphatic heterocycles. The first-order valence-corrected chi connectivity index (χ1v) is 6.71. The Labute approximate surface area is 94.5 Å². The topological polar surface area (TPSA) is 46.2 Å². The molecule has 1 aliphatic rings. The van der Waals surface area contributed by atoms with Crippen LogP contribution in [0.1, 0.15) is 12.8 Å². The van der Waals surface area contributed by atoms with Crippen molar-refractivity contribution < 1.29 is 8.42 Å². The van der Waals surface area contributed by atoms with Gasteiger partial charge in [0.05, 0.1) is 4.90 Å². The Morgan fingerprint density at radius 1 is 1.20 bits per heavy atom. The summed E-state index contributed by atoms with van der Waals surface area (Å²) in [6.45, 7) is 0. The van der Waals surface area contributed by atoms with Gasteiger partial charge in [-0.3, -0.25) is 0 Å². The van der Waals surface area contributed by atoms with E-state index in [4.69, 9.17) is 11.6 Å². The molecule has 0 aromatic heterocycles. The van der Waals surface area contributed by atoms with Crippen molar-refractivity contribution >= 4 is 21.6 Å². The number of rotatable bonds is 3. The first-order valence-electron chi connectivity index (χ1n) is 4.79. The summed E-state index contributed by atoms with van der Waals surface area (Å²) in [6, 6.07) is 8.37. The average molecular weight is 246 g/mol. The number of sulfonamides is 1. The number of nitrogens with one attached hydrogen (secondary N) is 1. The van der Waals surface area contributed by atoms with Gasteiger partial charge in [-0.1, -0.05) is 18.2 Å². The van der Waals surface area contributed by atoms with Crippen molar-refractivity contribution in [2.24, 2.45) is 0 Å². The number of halogens is 1. The minimum Gasteiger partial charge on any atom is -0.208 e. The summed E-state index contributed by atoms with van der Waals surface area (Å²) in [4.78, 5) is 0.308. The van der Waals surface area contributed by atoms with Crippen LogP contribution in [0.2, 0.25) is 0 Å². The minimum atomic E-state index is -3.35. The monoisotopic (exact) mass is 245 g/mol. The van der Waals surface area contributed by atoms with E-state index < -0.39 is 10.0 Å². The Hall–Kier alpha value is -0.580. The lowest BCUT2D eigenvalue weighted by Crippen LogP contribution is -2.44. The van der Waals surface area contributed by atoms with Crippen LogP contribution < -0.4 is 4.72 Å². The van der Waals surface area contributed by atoms with E-state index in [1.54, 1.807) is 30.3 Å². The van der Waals surface area contributed by atoms with E-state index in [1.165, 1.54) is 0 Å². The van der Waals surface area contributed by atoms with Crippen molar-refractivity contribution in [3.05, 3.63) is 30.3 Å². The van der Waals surface area contributed by atoms with E-state index in [2.05, 4.69) is 4.72 Å². The highest BCUT2D eigenvalue weighted by Gasteiger charge is 2.31. The SMILES string of the molecule is O=S(=O)(NC1CC(Cl)C1)c1ccccc1. The molecule has 1 saturated carbocycles. The zero-order valence-corrected chi connectivity index (χ0v) is 9.63. The predicted octanol–water partition coefficient (Wildman–Crippen LogP) is 1.73. The van der Waals surface area contributed by atoms with Crippen LogP contribution in [0.3, 0.4) is 0 Å². The van der Waals surface area contributed by atoms with Crippen LogP contribution in [0.4, 0.5) is 0 Å². The van der Waals surface area contributed by atoms with E-state index >= 15 is 0 Å². The second-order valence-corrected chi connectivity index (χ2v) is 6.03. The van der Waals surface area contributed by atoms with Gasteiger partial charge in [-0.15, -0.1) is 11.6 Å². The molecule has 3 nitrogen and oxygen atoms in total. The summed E-state index contributed by atoms with van der Waals surface area (Å²) < 4.78 is 26.2. The maximum Gasteiger partial charge on any atom is 0.240 e. The van der Waals surface area contributed by atoms with Crippen molar-refractivity contribution in [3.63, 3.8) is 0 Å². The molecule has 1 fully saturated rings. The molecule has 2 rings (SSSR count). The molecule has 0 bridgehead atoms. The van der Waals surface area contributed by atoms with E-state index in [-0.39, 0.29) is 11.4 Å². The normalized spacial score (nSPS) is 25.9. The zero-order chi connectivity index (χ0) is 10.9. The van der Waals surface area contributed by atoms with E-state index in [9.17, 15) is 8.42 Å². The van der Waals surface area contributed by atoms with Crippen molar-refractivity contribution in [2.75, 3.05) is 0 Å². The van der Waals surface area contributed by atoms with Gasteiger partial charge in [0.25, 0.3) is 0 Å². The van der Waals surface area contributed by atoms with Crippen molar-refractivity contribution in [1.29, 1.82) is 0 Å². The molecule has 5 heteroatoms. The fourth-order valence-electron chi connectivity index (χ4n) is 1.53. The summed E-state index contributed by atoms with van der Waals surface area (Å²) in [6.07, 6.45) is 1.43. The summed E-state index contributed by atoms with van der Waals surface area (Å²) in [5.41, 5.74) is 0. The maximum atomic E-state index is 11.8. The molecule has 1 aromatic rings. The third-order valence-electron chi connectivity index (χ3n) is 2.46. The second kappa shape index (κ2) is 4.12. The molecule has 0 saturated heterocycles. The molecule has 82 valence electrons. The van der Waals surface area contributed by atoms with Gasteiger partial charge in [0.1, 0.15) is 0 Å². The number of hydrogen-bond acceptors (Lipinski definition) is 2. The van der Waals surface area contributed by atoms with E-state index in [0.717, 1.165) is 0 Å². The predicted molar refractivity (Wildman–Crippen MR) is 59.4 cm³/mol. The van der Waals surface area contributed by atoms with Crippen LogP contribution in [0, 0.1) is 0 Å². The third kappa shape index (κ3) is 2.51. The summed E-state index contributed by atoms with van der Waals surface area (Å²) >= 11 is 5.78. The largest absolute Gasteiger partial charge is 0.240 e. The van der Waals surface area contributed by atoms with Crippen LogP contribution >= 0.6 is 11.6 Å². The lowest BCUT2D eigenvalue weighted by molar-refractivity contribution is 0.391. The summed E-state index contributed by atoms with van der Waals surface area (Å²) in [5, 5.41) is 0.119. The molecular formula is C10H12ClNO2S. The van der Waals surface area contributed by atoms with Crippen LogP contribution in [0.15, 0.2) is 35.2 Å². The van der Waals surface area contributed by atoms with Crippen LogP contribution in [0.25, 0.3) is 0 Å². The van der Waals surface area contributed by atoms with Gasteiger partial charge in [-0.25, -0.2) is 13.1 Å². The molecule has 0 atom stereocenters. The quantitative estimate of drug-likeness (QED) is 0.825. The van der Waals surface area contributed by atoms with Gasteiger partial charge in [0.15, 0.2) is 0 Å². The highest BCUT2D eigenvalue weighted by Crippen LogP contribution is 2.26. The molecule has 1 aromatic carbocycles. The summed E-state index contributed by atoms with van der Waals surface area (Å²) in [7, 11) is -3.35. The molecule has 0 amide bonds. The minimum absolute atomic E-state index is 0.00212. The maximum absolute atomic E-state index is 11.8. The molecule has 0 radical (unpaired) electrons. The standard InChI is InChI=1S/C10H12ClNO2S/c11-8-6-9(7-8)12-15(13,14)10-4-2-1-3-5-10/h1-5,8-9,12H,6-7H2. The Balaban J connectivity index is 2.08. The Kier molecular flexibility index (Phi) is 3.00. The fraction of sp³-hybridized carbons (Fsp3) is 0.400. The number of alkyl halides is 1. The fourth-order valence-corrected chi connectivity index (χ4v) is 3.24. The lowest BCUT2D eigenvalue weighted by atomic mass is 9.94. The molecule has 1 aliphatic carbocycles. The highest BCUT2D eigenvalue weighted by molar-refractivity contribution is 7.89. The number of hydrogen-bond donors (Lipinski definition) is 1. The zero-order valence-electron chi connectivity index (χ0n) is 8.06. The van der Waals surface area contributed by atoms with Crippen LogP contribution in [-0.4, -0.2) is 19.8 Å². The van der Waals surface area contributed by atoms with Gasteiger partial charge >= 0.3 is 0 Å². The average Bonchev–Trinajstić information content (AvgIpc) is 2.17. The molecule has 1 N–H and O–H groups in total. The van der Waals surface area contributed by atoms with Gasteiger partial charge < -0.3 is 0 Å².